The van der Waals surface area contributed by atoms with Gasteiger partial charge >= 0.3 is 5.97 Å². The molecular formula is C17H15N3O5S. The van der Waals surface area contributed by atoms with Crippen molar-refractivity contribution in [2.24, 2.45) is 0 Å². The normalized spacial score (nSPS) is 11.3. The molecule has 0 saturated heterocycles. The van der Waals surface area contributed by atoms with E-state index in [1.54, 1.807) is 12.1 Å². The largest absolute Gasteiger partial charge is 0.464 e. The summed E-state index contributed by atoms with van der Waals surface area (Å²) in [5, 5.41) is 7.00. The molecule has 2 N–H and O–H groups in total. The van der Waals surface area contributed by atoms with Crippen LogP contribution in [-0.2, 0) is 14.8 Å². The van der Waals surface area contributed by atoms with Gasteiger partial charge in [-0.25, -0.2) is 13.2 Å². The minimum Gasteiger partial charge on any atom is -0.464 e. The van der Waals surface area contributed by atoms with Crippen molar-refractivity contribution in [2.45, 2.75) is 11.8 Å². The third-order valence-corrected chi connectivity index (χ3v) is 5.16. The number of esters is 1. The van der Waals surface area contributed by atoms with Crippen LogP contribution < -0.4 is 4.72 Å². The van der Waals surface area contributed by atoms with Crippen LogP contribution in [0.2, 0.25) is 0 Å². The molecule has 1 aromatic heterocycles. The second kappa shape index (κ2) is 6.60. The molecule has 3 rings (SSSR count). The summed E-state index contributed by atoms with van der Waals surface area (Å²) in [7, 11) is -2.62. The number of anilines is 1. The number of nitrogens with one attached hydrogen (secondary N) is 2. The number of aromatic amines is 1. The van der Waals surface area contributed by atoms with Crippen molar-refractivity contribution in [2.75, 3.05) is 11.8 Å². The molecule has 0 radical (unpaired) electrons. The highest BCUT2D eigenvalue weighted by molar-refractivity contribution is 7.92. The Morgan fingerprint density at radius 2 is 1.81 bits per heavy atom. The number of aromatic nitrogens is 2. The van der Waals surface area contributed by atoms with Crippen LogP contribution in [-0.4, -0.2) is 37.5 Å². The minimum absolute atomic E-state index is 0.0166. The molecule has 2 aromatic carbocycles. The molecule has 0 amide bonds. The molecule has 1 heterocycles. The van der Waals surface area contributed by atoms with Crippen LogP contribution in [0.1, 0.15) is 27.8 Å². The number of rotatable bonds is 5. The van der Waals surface area contributed by atoms with Gasteiger partial charge in [0, 0.05) is 16.6 Å². The van der Waals surface area contributed by atoms with Gasteiger partial charge in [-0.05, 0) is 37.3 Å². The van der Waals surface area contributed by atoms with E-state index in [1.165, 1.54) is 44.4 Å². The predicted molar refractivity (Wildman–Crippen MR) is 94.7 cm³/mol. The van der Waals surface area contributed by atoms with Gasteiger partial charge < -0.3 is 4.74 Å². The Bertz CT molecular complexity index is 1100. The molecule has 0 aliphatic carbocycles. The fourth-order valence-corrected chi connectivity index (χ4v) is 3.46. The lowest BCUT2D eigenvalue weighted by Crippen LogP contribution is -2.13. The van der Waals surface area contributed by atoms with E-state index in [9.17, 15) is 18.0 Å². The van der Waals surface area contributed by atoms with Crippen LogP contribution in [0.3, 0.4) is 0 Å². The molecule has 26 heavy (non-hydrogen) atoms. The maximum Gasteiger partial charge on any atom is 0.359 e. The van der Waals surface area contributed by atoms with Gasteiger partial charge in [-0.15, -0.1) is 0 Å². The lowest BCUT2D eigenvalue weighted by atomic mass is 10.2. The number of fused-ring (bicyclic) bond motifs is 1. The standard InChI is InChI=1S/C17H15N3O5S/c1-10(21)11-3-6-13(7-4-11)26(23,24)20-12-5-8-15-14(9-12)16(19-18-15)17(22)25-2/h3-9,20H,1-2H3,(H,18,19). The number of ether oxygens (including phenoxy) is 1. The average molecular weight is 373 g/mol. The fraction of sp³-hybridized carbons (Fsp3) is 0.118. The zero-order valence-electron chi connectivity index (χ0n) is 13.9. The Kier molecular flexibility index (Phi) is 4.47. The first-order chi connectivity index (χ1) is 12.3. The summed E-state index contributed by atoms with van der Waals surface area (Å²) < 4.78 is 32.1. The number of benzene rings is 2. The van der Waals surface area contributed by atoms with Crippen LogP contribution in [0.25, 0.3) is 10.9 Å². The predicted octanol–water partition coefficient (Wildman–Crippen LogP) is 2.35. The Balaban J connectivity index is 1.94. The molecule has 9 heteroatoms. The molecule has 0 unspecified atom stereocenters. The summed E-state index contributed by atoms with van der Waals surface area (Å²) >= 11 is 0. The lowest BCUT2D eigenvalue weighted by Gasteiger charge is -2.09. The number of carbonyl (C=O) groups excluding carboxylic acids is 2. The van der Waals surface area contributed by atoms with Gasteiger partial charge in [0.05, 0.1) is 17.5 Å². The second-order valence-electron chi connectivity index (χ2n) is 5.51. The van der Waals surface area contributed by atoms with Gasteiger partial charge in [0.2, 0.25) is 0 Å². The van der Waals surface area contributed by atoms with Crippen molar-refractivity contribution in [3.63, 3.8) is 0 Å². The highest BCUT2D eigenvalue weighted by Crippen LogP contribution is 2.23. The van der Waals surface area contributed by atoms with Crippen LogP contribution in [0.15, 0.2) is 47.4 Å². The first kappa shape index (κ1) is 17.6. The quantitative estimate of drug-likeness (QED) is 0.523. The zero-order chi connectivity index (χ0) is 18.9. The number of hydrogen-bond donors (Lipinski definition) is 2. The summed E-state index contributed by atoms with van der Waals surface area (Å²) in [4.78, 5) is 23.0. The molecule has 0 aliphatic heterocycles. The van der Waals surface area contributed by atoms with Gasteiger partial charge in [0.1, 0.15) is 0 Å². The van der Waals surface area contributed by atoms with Gasteiger partial charge in [-0.2, -0.15) is 5.10 Å². The molecular weight excluding hydrogens is 358 g/mol. The number of nitrogens with zero attached hydrogens (tertiary/aromatic N) is 1. The Hall–Kier alpha value is -3.20. The number of ketones is 1. The summed E-state index contributed by atoms with van der Waals surface area (Å²) in [6.45, 7) is 1.40. The summed E-state index contributed by atoms with van der Waals surface area (Å²) in [5.41, 5.74) is 1.32. The maximum absolute atomic E-state index is 12.5. The molecule has 0 atom stereocenters. The number of sulfonamides is 1. The highest BCUT2D eigenvalue weighted by Gasteiger charge is 2.18. The van der Waals surface area contributed by atoms with Gasteiger partial charge in [-0.3, -0.25) is 14.6 Å². The first-order valence-corrected chi connectivity index (χ1v) is 9.00. The summed E-state index contributed by atoms with van der Waals surface area (Å²) in [6.07, 6.45) is 0. The van der Waals surface area contributed by atoms with Crippen LogP contribution in [0.5, 0.6) is 0 Å². The highest BCUT2D eigenvalue weighted by atomic mass is 32.2. The van der Waals surface area contributed by atoms with Crippen molar-refractivity contribution >= 4 is 38.4 Å². The maximum atomic E-state index is 12.5. The smallest absolute Gasteiger partial charge is 0.359 e. The monoisotopic (exact) mass is 373 g/mol. The van der Waals surface area contributed by atoms with Crippen molar-refractivity contribution < 1.29 is 22.7 Å². The minimum atomic E-state index is -3.85. The molecule has 0 saturated carbocycles. The van der Waals surface area contributed by atoms with Crippen molar-refractivity contribution in [3.8, 4) is 0 Å². The molecule has 0 bridgehead atoms. The zero-order valence-corrected chi connectivity index (χ0v) is 14.8. The van der Waals surface area contributed by atoms with Crippen LogP contribution in [0, 0.1) is 0 Å². The lowest BCUT2D eigenvalue weighted by molar-refractivity contribution is 0.0596. The fourth-order valence-electron chi connectivity index (χ4n) is 2.41. The average Bonchev–Trinajstić information content (AvgIpc) is 3.04. The second-order valence-corrected chi connectivity index (χ2v) is 7.19. The van der Waals surface area contributed by atoms with Crippen molar-refractivity contribution in [1.82, 2.24) is 10.2 Å². The topological polar surface area (TPSA) is 118 Å². The number of methoxy groups -OCH3 is 1. The van der Waals surface area contributed by atoms with E-state index < -0.39 is 16.0 Å². The first-order valence-electron chi connectivity index (χ1n) is 7.52. The van der Waals surface area contributed by atoms with Crippen molar-refractivity contribution in [1.29, 1.82) is 0 Å². The van der Waals surface area contributed by atoms with E-state index in [0.29, 0.717) is 16.5 Å². The number of hydrogen-bond acceptors (Lipinski definition) is 6. The van der Waals surface area contributed by atoms with Crippen LogP contribution >= 0.6 is 0 Å². The Labute approximate surface area is 149 Å². The third-order valence-electron chi connectivity index (χ3n) is 3.76. The van der Waals surface area contributed by atoms with E-state index in [-0.39, 0.29) is 22.1 Å². The number of H-pyrrole nitrogens is 1. The Morgan fingerprint density at radius 3 is 2.42 bits per heavy atom. The van der Waals surface area contributed by atoms with Crippen molar-refractivity contribution in [3.05, 3.63) is 53.7 Å². The third kappa shape index (κ3) is 3.29. The van der Waals surface area contributed by atoms with Crippen LogP contribution in [0.4, 0.5) is 5.69 Å². The van der Waals surface area contributed by atoms with Gasteiger partial charge in [0.15, 0.2) is 11.5 Å². The van der Waals surface area contributed by atoms with E-state index in [1.807, 2.05) is 0 Å². The molecule has 0 spiro atoms. The molecule has 134 valence electrons. The number of carbonyl (C=O) groups is 2. The SMILES string of the molecule is COC(=O)c1n[nH]c2ccc(NS(=O)(=O)c3ccc(C(C)=O)cc3)cc12. The summed E-state index contributed by atoms with van der Waals surface area (Å²) in [6, 6.07) is 10.3. The van der Waals surface area contributed by atoms with E-state index >= 15 is 0 Å². The van der Waals surface area contributed by atoms with E-state index in [4.69, 9.17) is 0 Å². The Morgan fingerprint density at radius 1 is 1.12 bits per heavy atom. The van der Waals surface area contributed by atoms with Gasteiger partial charge in [0.25, 0.3) is 10.0 Å². The van der Waals surface area contributed by atoms with E-state index in [0.717, 1.165) is 0 Å². The summed E-state index contributed by atoms with van der Waals surface area (Å²) in [5.74, 6) is -0.779. The molecule has 3 aromatic rings. The number of Topliss-reactive ketones (excluding diaryl/α,β-unsaturated/α-hetero) is 1. The molecule has 8 nitrogen and oxygen atoms in total. The van der Waals surface area contributed by atoms with Gasteiger partial charge in [-0.1, -0.05) is 12.1 Å². The molecule has 0 aliphatic rings. The van der Waals surface area contributed by atoms with E-state index in [2.05, 4.69) is 19.7 Å². The molecule has 0 fully saturated rings.